The van der Waals surface area contributed by atoms with Gasteiger partial charge in [0, 0.05) is 5.57 Å². The van der Waals surface area contributed by atoms with Crippen LogP contribution in [0.4, 0.5) is 8.78 Å². The molecule has 0 aromatic heterocycles. The summed E-state index contributed by atoms with van der Waals surface area (Å²) >= 11 is 0. The normalized spacial score (nSPS) is 11.8. The third-order valence-corrected chi connectivity index (χ3v) is 4.14. The summed E-state index contributed by atoms with van der Waals surface area (Å²) in [7, 11) is 0. The fraction of sp³-hybridized carbons (Fsp3) is 0.120. The molecule has 3 aromatic rings. The van der Waals surface area contributed by atoms with Gasteiger partial charge in [-0.2, -0.15) is 0 Å². The van der Waals surface area contributed by atoms with Crippen LogP contribution in [-0.4, -0.2) is 13.0 Å². The van der Waals surface area contributed by atoms with Crippen LogP contribution in [0.1, 0.15) is 18.1 Å². The average molecular weight is 392 g/mol. The van der Waals surface area contributed by atoms with Crippen LogP contribution in [0.2, 0.25) is 0 Å². The third kappa shape index (κ3) is 6.04. The van der Waals surface area contributed by atoms with E-state index in [0.717, 1.165) is 11.3 Å². The van der Waals surface area contributed by atoms with Gasteiger partial charge in [-0.15, -0.1) is 0 Å². The zero-order chi connectivity index (χ0) is 20.5. The lowest BCUT2D eigenvalue weighted by atomic mass is 10.1. The Labute approximate surface area is 169 Å². The van der Waals surface area contributed by atoms with E-state index in [1.807, 2.05) is 61.5 Å². The molecule has 0 bridgehead atoms. The van der Waals surface area contributed by atoms with Gasteiger partial charge in [0.05, 0.1) is 6.61 Å². The van der Waals surface area contributed by atoms with E-state index in [1.165, 1.54) is 6.08 Å². The zero-order valence-corrected chi connectivity index (χ0v) is 16.1. The second kappa shape index (κ2) is 10.2. The predicted molar refractivity (Wildman–Crippen MR) is 114 cm³/mol. The number of allylic oxidation sites excluding steroid dienone is 3. The number of benzene rings is 3. The van der Waals surface area contributed by atoms with Crippen molar-refractivity contribution in [3.63, 3.8) is 0 Å². The second-order valence-electron chi connectivity index (χ2n) is 6.23. The highest BCUT2D eigenvalue weighted by Gasteiger charge is 2.12. The Balaban J connectivity index is 1.74. The SMILES string of the molecule is CCOc1ccc(/C(=C\C=C/c2cccc(Oc3ccccc3)c2)C(F)F)cc1. The third-order valence-electron chi connectivity index (χ3n) is 4.14. The van der Waals surface area contributed by atoms with Crippen LogP contribution in [0.5, 0.6) is 17.2 Å². The summed E-state index contributed by atoms with van der Waals surface area (Å²) in [5.41, 5.74) is 1.28. The fourth-order valence-corrected chi connectivity index (χ4v) is 2.77. The molecular formula is C25H22F2O2. The summed E-state index contributed by atoms with van der Waals surface area (Å²) < 4.78 is 38.2. The first-order chi connectivity index (χ1) is 14.2. The molecule has 4 heteroatoms. The Kier molecular flexibility index (Phi) is 7.17. The number of ether oxygens (including phenoxy) is 2. The maximum atomic E-state index is 13.5. The van der Waals surface area contributed by atoms with Crippen molar-refractivity contribution in [3.05, 3.63) is 102 Å². The molecule has 2 nitrogen and oxygen atoms in total. The molecule has 0 saturated carbocycles. The van der Waals surface area contributed by atoms with Gasteiger partial charge in [-0.25, -0.2) is 8.78 Å². The predicted octanol–water partition coefficient (Wildman–Crippen LogP) is 7.24. The molecule has 0 amide bonds. The molecule has 29 heavy (non-hydrogen) atoms. The number of halogens is 2. The second-order valence-corrected chi connectivity index (χ2v) is 6.23. The van der Waals surface area contributed by atoms with Crippen LogP contribution in [0.25, 0.3) is 11.6 Å². The van der Waals surface area contributed by atoms with E-state index in [9.17, 15) is 8.78 Å². The molecule has 3 rings (SSSR count). The van der Waals surface area contributed by atoms with E-state index >= 15 is 0 Å². The van der Waals surface area contributed by atoms with Gasteiger partial charge in [-0.05, 0) is 54.4 Å². The van der Waals surface area contributed by atoms with Gasteiger partial charge in [0.2, 0.25) is 0 Å². The summed E-state index contributed by atoms with van der Waals surface area (Å²) in [6.45, 7) is 2.41. The maximum Gasteiger partial charge on any atom is 0.264 e. The van der Waals surface area contributed by atoms with E-state index in [4.69, 9.17) is 9.47 Å². The van der Waals surface area contributed by atoms with Crippen LogP contribution < -0.4 is 9.47 Å². The van der Waals surface area contributed by atoms with Gasteiger partial charge >= 0.3 is 0 Å². The minimum atomic E-state index is -2.58. The Morgan fingerprint density at radius 2 is 1.59 bits per heavy atom. The molecular weight excluding hydrogens is 370 g/mol. The lowest BCUT2D eigenvalue weighted by molar-refractivity contribution is 0.215. The summed E-state index contributed by atoms with van der Waals surface area (Å²) in [6.07, 6.45) is 2.25. The summed E-state index contributed by atoms with van der Waals surface area (Å²) in [4.78, 5) is 0. The molecule has 0 unspecified atom stereocenters. The smallest absolute Gasteiger partial charge is 0.264 e. The van der Waals surface area contributed by atoms with Crippen molar-refractivity contribution < 1.29 is 18.3 Å². The minimum absolute atomic E-state index is 0.0408. The molecule has 0 aliphatic heterocycles. The van der Waals surface area contributed by atoms with Gasteiger partial charge < -0.3 is 9.47 Å². The van der Waals surface area contributed by atoms with Crippen molar-refractivity contribution in [1.29, 1.82) is 0 Å². The topological polar surface area (TPSA) is 18.5 Å². The van der Waals surface area contributed by atoms with E-state index in [-0.39, 0.29) is 5.57 Å². The van der Waals surface area contributed by atoms with Gasteiger partial charge in [0.25, 0.3) is 6.43 Å². The van der Waals surface area contributed by atoms with Crippen molar-refractivity contribution >= 4 is 11.6 Å². The first-order valence-corrected chi connectivity index (χ1v) is 9.38. The van der Waals surface area contributed by atoms with Crippen molar-refractivity contribution in [3.8, 4) is 17.2 Å². The minimum Gasteiger partial charge on any atom is -0.494 e. The Morgan fingerprint density at radius 3 is 2.28 bits per heavy atom. The van der Waals surface area contributed by atoms with E-state index in [0.29, 0.717) is 23.7 Å². The summed E-state index contributed by atoms with van der Waals surface area (Å²) in [5.74, 6) is 2.09. The summed E-state index contributed by atoms with van der Waals surface area (Å²) in [5, 5.41) is 0. The molecule has 0 spiro atoms. The van der Waals surface area contributed by atoms with Gasteiger partial charge in [-0.1, -0.05) is 60.7 Å². The number of hydrogen-bond donors (Lipinski definition) is 0. The zero-order valence-electron chi connectivity index (χ0n) is 16.1. The Morgan fingerprint density at radius 1 is 0.862 bits per heavy atom. The standard InChI is InChI=1S/C25H22F2O2/c1-2-28-21-16-14-20(15-17-21)24(25(26)27)13-7-9-19-8-6-12-23(18-19)29-22-10-4-3-5-11-22/h3-18,25H,2H2,1H3/b9-7-,24-13+. The van der Waals surface area contributed by atoms with E-state index in [1.54, 1.807) is 36.4 Å². The number of rotatable bonds is 8. The molecule has 0 radical (unpaired) electrons. The van der Waals surface area contributed by atoms with Crippen molar-refractivity contribution in [2.45, 2.75) is 13.3 Å². The molecule has 3 aromatic carbocycles. The highest BCUT2D eigenvalue weighted by atomic mass is 19.3. The maximum absolute atomic E-state index is 13.5. The van der Waals surface area contributed by atoms with Crippen LogP contribution in [0, 0.1) is 0 Å². The molecule has 0 N–H and O–H groups in total. The number of alkyl halides is 2. The van der Waals surface area contributed by atoms with E-state index in [2.05, 4.69) is 0 Å². The lowest BCUT2D eigenvalue weighted by Gasteiger charge is -2.08. The van der Waals surface area contributed by atoms with Crippen LogP contribution in [-0.2, 0) is 0 Å². The summed E-state index contributed by atoms with van der Waals surface area (Å²) in [6, 6.07) is 23.6. The molecule has 0 atom stereocenters. The van der Waals surface area contributed by atoms with Crippen LogP contribution in [0.15, 0.2) is 91.0 Å². The highest BCUT2D eigenvalue weighted by Crippen LogP contribution is 2.25. The van der Waals surface area contributed by atoms with Gasteiger partial charge in [-0.3, -0.25) is 0 Å². The van der Waals surface area contributed by atoms with Crippen LogP contribution >= 0.6 is 0 Å². The van der Waals surface area contributed by atoms with Gasteiger partial charge in [0.1, 0.15) is 17.2 Å². The lowest BCUT2D eigenvalue weighted by Crippen LogP contribution is -1.97. The number of hydrogen-bond acceptors (Lipinski definition) is 2. The van der Waals surface area contributed by atoms with Crippen molar-refractivity contribution in [1.82, 2.24) is 0 Å². The number of para-hydroxylation sites is 1. The Bertz CT molecular complexity index is 962. The van der Waals surface area contributed by atoms with Crippen molar-refractivity contribution in [2.75, 3.05) is 6.61 Å². The quantitative estimate of drug-likeness (QED) is 0.376. The fourth-order valence-electron chi connectivity index (χ4n) is 2.77. The Hall–Kier alpha value is -3.40. The molecule has 0 aliphatic carbocycles. The molecule has 0 saturated heterocycles. The van der Waals surface area contributed by atoms with Gasteiger partial charge in [0.15, 0.2) is 0 Å². The first kappa shape index (κ1) is 20.3. The molecule has 148 valence electrons. The first-order valence-electron chi connectivity index (χ1n) is 9.38. The molecule has 0 aliphatic rings. The van der Waals surface area contributed by atoms with Crippen molar-refractivity contribution in [2.24, 2.45) is 0 Å². The van der Waals surface area contributed by atoms with Crippen LogP contribution in [0.3, 0.4) is 0 Å². The molecule has 0 heterocycles. The molecule has 0 fully saturated rings. The average Bonchev–Trinajstić information content (AvgIpc) is 2.73. The monoisotopic (exact) mass is 392 g/mol. The largest absolute Gasteiger partial charge is 0.494 e. The highest BCUT2D eigenvalue weighted by molar-refractivity contribution is 5.71. The van der Waals surface area contributed by atoms with E-state index < -0.39 is 6.43 Å².